The number of hydrogen-bond acceptors (Lipinski definition) is 4. The molecule has 0 aromatic heterocycles. The molecule has 0 spiro atoms. The number of ketones is 1. The Morgan fingerprint density at radius 3 is 2.04 bits per heavy atom. The van der Waals surface area contributed by atoms with Gasteiger partial charge in [0.25, 0.3) is 0 Å². The van der Waals surface area contributed by atoms with Gasteiger partial charge in [-0.25, -0.2) is 0 Å². The Morgan fingerprint density at radius 1 is 0.963 bits per heavy atom. The van der Waals surface area contributed by atoms with Crippen LogP contribution in [0.4, 0.5) is 5.69 Å². The number of nitrogens with zero attached hydrogens (tertiary/aromatic N) is 1. The van der Waals surface area contributed by atoms with E-state index in [4.69, 9.17) is 4.74 Å². The largest absolute Gasteiger partial charge is 0.489 e. The van der Waals surface area contributed by atoms with Crippen LogP contribution in [-0.2, 0) is 16.2 Å². The molecule has 27 heavy (non-hydrogen) atoms. The highest BCUT2D eigenvalue weighted by atomic mass is 16.5. The zero-order valence-corrected chi connectivity index (χ0v) is 15.8. The topological polar surface area (TPSA) is 63.7 Å². The van der Waals surface area contributed by atoms with Crippen molar-refractivity contribution < 1.29 is 19.1 Å². The van der Waals surface area contributed by atoms with Gasteiger partial charge < -0.3 is 4.74 Å². The van der Waals surface area contributed by atoms with Crippen molar-refractivity contribution in [2.75, 3.05) is 4.90 Å². The quantitative estimate of drug-likeness (QED) is 0.542. The maximum Gasteiger partial charge on any atom is 0.233 e. The number of ether oxygens (including phenoxy) is 1. The zero-order chi connectivity index (χ0) is 20.0. The summed E-state index contributed by atoms with van der Waals surface area (Å²) < 4.78 is 5.72. The number of allylic oxidation sites excluding steroid dienone is 1. The molecule has 140 valence electrons. The van der Waals surface area contributed by atoms with Gasteiger partial charge >= 0.3 is 0 Å². The number of anilines is 1. The molecule has 0 fully saturated rings. The molecule has 0 N–H and O–H groups in total. The van der Waals surface area contributed by atoms with E-state index in [1.807, 2.05) is 12.1 Å². The van der Waals surface area contributed by atoms with Crippen LogP contribution >= 0.6 is 0 Å². The van der Waals surface area contributed by atoms with Crippen molar-refractivity contribution in [3.05, 3.63) is 71.8 Å². The van der Waals surface area contributed by atoms with Crippen LogP contribution in [0.25, 0.3) is 0 Å². The van der Waals surface area contributed by atoms with Gasteiger partial charge in [0.2, 0.25) is 11.8 Å². The van der Waals surface area contributed by atoms with Crippen molar-refractivity contribution >= 4 is 23.3 Å². The number of rotatable bonds is 7. The molecule has 5 nitrogen and oxygen atoms in total. The molecule has 0 saturated carbocycles. The molecule has 0 aliphatic heterocycles. The summed E-state index contributed by atoms with van der Waals surface area (Å²) in [5.74, 6) is 0.00352. The highest BCUT2D eigenvalue weighted by Crippen LogP contribution is 2.19. The van der Waals surface area contributed by atoms with E-state index in [1.54, 1.807) is 50.2 Å². The summed E-state index contributed by atoms with van der Waals surface area (Å²) in [5.41, 5.74) is 2.50. The number of hydrogen-bond donors (Lipinski definition) is 0. The molecule has 0 radical (unpaired) electrons. The smallest absolute Gasteiger partial charge is 0.233 e. The van der Waals surface area contributed by atoms with Crippen molar-refractivity contribution in [2.24, 2.45) is 0 Å². The monoisotopic (exact) mass is 365 g/mol. The van der Waals surface area contributed by atoms with Crippen molar-refractivity contribution in [3.63, 3.8) is 0 Å². The summed E-state index contributed by atoms with van der Waals surface area (Å²) in [4.78, 5) is 36.6. The van der Waals surface area contributed by atoms with Crippen LogP contribution in [0.5, 0.6) is 5.75 Å². The summed E-state index contributed by atoms with van der Waals surface area (Å²) in [6, 6.07) is 14.0. The summed E-state index contributed by atoms with van der Waals surface area (Å²) in [6.07, 6.45) is 0.258. The second kappa shape index (κ2) is 8.94. The Hall–Kier alpha value is -3.21. The lowest BCUT2D eigenvalue weighted by molar-refractivity contribution is -0.125. The van der Waals surface area contributed by atoms with E-state index in [2.05, 4.69) is 6.58 Å². The molecule has 2 rings (SSSR count). The highest BCUT2D eigenvalue weighted by molar-refractivity contribution is 6.13. The normalized spacial score (nSPS) is 10.2. The van der Waals surface area contributed by atoms with Gasteiger partial charge in [-0.15, -0.1) is 0 Å². The predicted octanol–water partition coefficient (Wildman–Crippen LogP) is 4.31. The molecular formula is C22H23NO4. The van der Waals surface area contributed by atoms with Gasteiger partial charge in [0.15, 0.2) is 5.78 Å². The van der Waals surface area contributed by atoms with Gasteiger partial charge in [-0.1, -0.05) is 25.6 Å². The molecule has 0 heterocycles. The molecule has 2 aromatic rings. The first kappa shape index (κ1) is 20.1. The minimum absolute atomic E-state index is 0.0891. The van der Waals surface area contributed by atoms with E-state index in [0.29, 0.717) is 29.2 Å². The first-order valence-corrected chi connectivity index (χ1v) is 8.69. The third-order valence-corrected chi connectivity index (χ3v) is 3.97. The van der Waals surface area contributed by atoms with E-state index in [9.17, 15) is 14.4 Å². The Morgan fingerprint density at radius 2 is 1.56 bits per heavy atom. The molecule has 0 saturated heterocycles. The number of benzene rings is 2. The maximum absolute atomic E-state index is 11.9. The molecule has 0 aliphatic carbocycles. The van der Waals surface area contributed by atoms with Crippen LogP contribution in [0.15, 0.2) is 60.7 Å². The fraction of sp³-hybridized carbons (Fsp3) is 0.227. The van der Waals surface area contributed by atoms with Gasteiger partial charge in [0, 0.05) is 18.9 Å². The summed E-state index contributed by atoms with van der Waals surface area (Å²) in [5, 5.41) is 0. The van der Waals surface area contributed by atoms with Gasteiger partial charge in [-0.2, -0.15) is 0 Å². The number of amides is 2. The third kappa shape index (κ3) is 5.14. The van der Waals surface area contributed by atoms with Crippen molar-refractivity contribution in [1.82, 2.24) is 0 Å². The Labute approximate surface area is 159 Å². The van der Waals surface area contributed by atoms with Crippen LogP contribution in [-0.4, -0.2) is 17.6 Å². The van der Waals surface area contributed by atoms with Crippen LogP contribution < -0.4 is 9.64 Å². The molecule has 0 aliphatic rings. The Bertz CT molecular complexity index is 851. The Balaban J connectivity index is 2.02. The third-order valence-electron chi connectivity index (χ3n) is 3.97. The van der Waals surface area contributed by atoms with E-state index >= 15 is 0 Å². The van der Waals surface area contributed by atoms with E-state index < -0.39 is 0 Å². The molecule has 2 amide bonds. The average molecular weight is 365 g/mol. The minimum atomic E-state index is -0.310. The SMILES string of the molecule is C=C(C)C(=O)c1ccc(OCc2ccc(N(C(C)=O)C(=O)CC)cc2)cc1. The molecule has 0 atom stereocenters. The second-order valence-electron chi connectivity index (χ2n) is 6.19. The average Bonchev–Trinajstić information content (AvgIpc) is 2.66. The zero-order valence-electron chi connectivity index (χ0n) is 15.8. The van der Waals surface area contributed by atoms with Crippen LogP contribution in [0.2, 0.25) is 0 Å². The standard InChI is InChI=1S/C22H23NO4/c1-5-21(25)23(16(4)24)19-10-6-17(7-11-19)14-27-20-12-8-18(9-13-20)22(26)15(2)3/h6-13H,2,5,14H2,1,3-4H3. The highest BCUT2D eigenvalue weighted by Gasteiger charge is 2.18. The molecule has 5 heteroatoms. The van der Waals surface area contributed by atoms with Crippen LogP contribution in [0.1, 0.15) is 43.1 Å². The first-order valence-electron chi connectivity index (χ1n) is 8.69. The van der Waals surface area contributed by atoms with Crippen LogP contribution in [0.3, 0.4) is 0 Å². The number of carbonyl (C=O) groups excluding carboxylic acids is 3. The number of carbonyl (C=O) groups is 3. The van der Waals surface area contributed by atoms with Crippen molar-refractivity contribution in [3.8, 4) is 5.75 Å². The maximum atomic E-state index is 11.9. The van der Waals surface area contributed by atoms with Gasteiger partial charge in [-0.3, -0.25) is 19.3 Å². The molecule has 0 bridgehead atoms. The summed E-state index contributed by atoms with van der Waals surface area (Å²) >= 11 is 0. The fourth-order valence-corrected chi connectivity index (χ4v) is 2.52. The van der Waals surface area contributed by atoms with E-state index in [1.165, 1.54) is 11.8 Å². The lowest BCUT2D eigenvalue weighted by atomic mass is 10.1. The lowest BCUT2D eigenvalue weighted by Crippen LogP contribution is -2.34. The minimum Gasteiger partial charge on any atom is -0.489 e. The van der Waals surface area contributed by atoms with Gasteiger partial charge in [0.1, 0.15) is 12.4 Å². The summed E-state index contributed by atoms with van der Waals surface area (Å²) in [6.45, 7) is 8.74. The van der Waals surface area contributed by atoms with Gasteiger partial charge in [0.05, 0.1) is 5.69 Å². The second-order valence-corrected chi connectivity index (χ2v) is 6.19. The molecule has 0 unspecified atom stereocenters. The molecular weight excluding hydrogens is 342 g/mol. The van der Waals surface area contributed by atoms with E-state index in [0.717, 1.165) is 5.56 Å². The molecule has 2 aromatic carbocycles. The van der Waals surface area contributed by atoms with E-state index in [-0.39, 0.29) is 24.0 Å². The Kier molecular flexibility index (Phi) is 6.66. The first-order chi connectivity index (χ1) is 12.8. The van der Waals surface area contributed by atoms with Crippen molar-refractivity contribution in [1.29, 1.82) is 0 Å². The fourth-order valence-electron chi connectivity index (χ4n) is 2.52. The predicted molar refractivity (Wildman–Crippen MR) is 105 cm³/mol. The number of imide groups is 1. The summed E-state index contributed by atoms with van der Waals surface area (Å²) in [7, 11) is 0. The van der Waals surface area contributed by atoms with Crippen LogP contribution in [0, 0.1) is 0 Å². The lowest BCUT2D eigenvalue weighted by Gasteiger charge is -2.18. The number of Topliss-reactive ketones (excluding diaryl/α,β-unsaturated/α-hetero) is 1. The van der Waals surface area contributed by atoms with Crippen molar-refractivity contribution in [2.45, 2.75) is 33.8 Å². The van der Waals surface area contributed by atoms with Gasteiger partial charge in [-0.05, 0) is 54.5 Å².